The molecule has 156 valence electrons. The number of nitrogens with zero attached hydrogens (tertiary/aromatic N) is 3. The van der Waals surface area contributed by atoms with E-state index in [4.69, 9.17) is 9.72 Å². The monoisotopic (exact) mass is 429 g/mol. The van der Waals surface area contributed by atoms with E-state index in [-0.39, 0.29) is 11.5 Å². The van der Waals surface area contributed by atoms with Gasteiger partial charge >= 0.3 is 0 Å². The number of Topliss-reactive ketones (excluding diaryl/α,β-unsaturated/α-hetero) is 1. The number of carbonyl (C=O) groups is 1. The summed E-state index contributed by atoms with van der Waals surface area (Å²) in [5, 5.41) is 10.3. The second kappa shape index (κ2) is 9.78. The first kappa shape index (κ1) is 21.1. The second-order valence-electron chi connectivity index (χ2n) is 7.45. The molecule has 31 heavy (non-hydrogen) atoms. The molecule has 1 aliphatic heterocycles. The summed E-state index contributed by atoms with van der Waals surface area (Å²) >= 11 is 1.33. The lowest BCUT2D eigenvalue weighted by Crippen LogP contribution is -2.30. The number of hydrogen-bond acceptors (Lipinski definition) is 6. The van der Waals surface area contributed by atoms with E-state index < -0.39 is 0 Å². The van der Waals surface area contributed by atoms with Crippen molar-refractivity contribution < 1.29 is 9.53 Å². The highest BCUT2D eigenvalue weighted by molar-refractivity contribution is 8.00. The van der Waals surface area contributed by atoms with E-state index in [2.05, 4.69) is 35.2 Å². The van der Waals surface area contributed by atoms with Crippen LogP contribution in [0.5, 0.6) is 5.75 Å². The molecule has 0 atom stereocenters. The molecule has 0 aliphatic carbocycles. The fourth-order valence-corrected chi connectivity index (χ4v) is 4.56. The van der Waals surface area contributed by atoms with Crippen molar-refractivity contribution in [3.05, 3.63) is 88.6 Å². The van der Waals surface area contributed by atoms with Crippen molar-refractivity contribution >= 4 is 17.5 Å². The zero-order chi connectivity index (χ0) is 21.6. The molecule has 0 saturated carbocycles. The minimum absolute atomic E-state index is 0.0126. The highest BCUT2D eigenvalue weighted by atomic mass is 32.2. The summed E-state index contributed by atoms with van der Waals surface area (Å²) in [6, 6.07) is 21.7. The van der Waals surface area contributed by atoms with E-state index in [1.807, 2.05) is 18.2 Å². The number of carbonyl (C=O) groups excluding carboxylic acids is 1. The fourth-order valence-electron chi connectivity index (χ4n) is 3.69. The van der Waals surface area contributed by atoms with E-state index in [0.717, 1.165) is 37.3 Å². The number of fused-ring (bicyclic) bond motifs is 1. The lowest BCUT2D eigenvalue weighted by Gasteiger charge is -2.28. The van der Waals surface area contributed by atoms with Crippen LogP contribution in [-0.4, -0.2) is 35.1 Å². The van der Waals surface area contributed by atoms with Crippen LogP contribution in [0, 0.1) is 11.3 Å². The van der Waals surface area contributed by atoms with E-state index in [1.165, 1.54) is 17.3 Å². The first-order valence-electron chi connectivity index (χ1n) is 10.2. The van der Waals surface area contributed by atoms with Crippen molar-refractivity contribution in [2.75, 3.05) is 19.4 Å². The Kier molecular flexibility index (Phi) is 6.66. The maximum absolute atomic E-state index is 12.6. The van der Waals surface area contributed by atoms with Gasteiger partial charge in [0.15, 0.2) is 5.78 Å². The number of aromatic nitrogens is 1. The molecule has 0 N–H and O–H groups in total. The average Bonchev–Trinajstić information content (AvgIpc) is 2.82. The van der Waals surface area contributed by atoms with Crippen LogP contribution >= 0.6 is 11.8 Å². The molecule has 1 aromatic heterocycles. The summed E-state index contributed by atoms with van der Waals surface area (Å²) in [6.45, 7) is 2.58. The third-order valence-electron chi connectivity index (χ3n) is 5.32. The zero-order valence-electron chi connectivity index (χ0n) is 17.4. The average molecular weight is 430 g/mol. The van der Waals surface area contributed by atoms with Crippen molar-refractivity contribution in [1.29, 1.82) is 5.26 Å². The third kappa shape index (κ3) is 5.13. The van der Waals surface area contributed by atoms with Crippen molar-refractivity contribution in [3.63, 3.8) is 0 Å². The molecule has 2 heterocycles. The first-order chi connectivity index (χ1) is 15.2. The second-order valence-corrected chi connectivity index (χ2v) is 8.41. The predicted octanol–water partition coefficient (Wildman–Crippen LogP) is 4.50. The van der Waals surface area contributed by atoms with Gasteiger partial charge in [-0.05, 0) is 29.3 Å². The van der Waals surface area contributed by atoms with Crippen LogP contribution in [0.4, 0.5) is 0 Å². The molecule has 0 saturated heterocycles. The van der Waals surface area contributed by atoms with Crippen LogP contribution in [0.2, 0.25) is 0 Å². The van der Waals surface area contributed by atoms with Crippen molar-refractivity contribution in [2.24, 2.45) is 0 Å². The molecule has 0 radical (unpaired) electrons. The summed E-state index contributed by atoms with van der Waals surface area (Å²) in [7, 11) is 1.58. The molecule has 0 amide bonds. The normalized spacial score (nSPS) is 13.3. The van der Waals surface area contributed by atoms with Crippen LogP contribution in [-0.2, 0) is 19.5 Å². The summed E-state index contributed by atoms with van der Waals surface area (Å²) in [5.74, 6) is 0.871. The zero-order valence-corrected chi connectivity index (χ0v) is 18.2. The summed E-state index contributed by atoms with van der Waals surface area (Å²) < 4.78 is 5.19. The van der Waals surface area contributed by atoms with Gasteiger partial charge < -0.3 is 4.74 Å². The lowest BCUT2D eigenvalue weighted by atomic mass is 10.0. The minimum Gasteiger partial charge on any atom is -0.497 e. The van der Waals surface area contributed by atoms with Gasteiger partial charge in [0.1, 0.15) is 16.8 Å². The van der Waals surface area contributed by atoms with E-state index in [1.54, 1.807) is 25.3 Å². The van der Waals surface area contributed by atoms with Gasteiger partial charge in [-0.3, -0.25) is 9.69 Å². The van der Waals surface area contributed by atoms with Gasteiger partial charge in [0.05, 0.1) is 18.4 Å². The van der Waals surface area contributed by atoms with Crippen LogP contribution in [0.3, 0.4) is 0 Å². The molecule has 0 fully saturated rings. The molecule has 2 aromatic carbocycles. The SMILES string of the molecule is COc1cccc(C(=O)CSc2nc3c(cc2C#N)CN(Cc2ccccc2)CC3)c1. The number of methoxy groups -OCH3 is 1. The number of rotatable bonds is 7. The number of nitriles is 1. The molecule has 0 unspecified atom stereocenters. The predicted molar refractivity (Wildman–Crippen MR) is 121 cm³/mol. The minimum atomic E-state index is -0.0126. The van der Waals surface area contributed by atoms with Crippen LogP contribution in [0.15, 0.2) is 65.7 Å². The number of hydrogen-bond donors (Lipinski definition) is 0. The Morgan fingerprint density at radius 3 is 2.81 bits per heavy atom. The maximum Gasteiger partial charge on any atom is 0.173 e. The standard InChI is InChI=1S/C25H23N3O2S/c1-30-22-9-5-8-19(13-22)24(29)17-31-25-20(14-26)12-21-16-28(11-10-23(21)27-25)15-18-6-3-2-4-7-18/h2-9,12-13H,10-11,15-17H2,1H3. The molecule has 5 nitrogen and oxygen atoms in total. The highest BCUT2D eigenvalue weighted by Gasteiger charge is 2.21. The largest absolute Gasteiger partial charge is 0.497 e. The van der Waals surface area contributed by atoms with Gasteiger partial charge in [-0.15, -0.1) is 0 Å². The van der Waals surface area contributed by atoms with Gasteiger partial charge in [-0.2, -0.15) is 5.26 Å². The van der Waals surface area contributed by atoms with Gasteiger partial charge in [-0.1, -0.05) is 54.2 Å². The molecule has 3 aromatic rings. The summed E-state index contributed by atoms with van der Waals surface area (Å²) in [5.41, 5.74) is 4.54. The van der Waals surface area contributed by atoms with Gasteiger partial charge in [0.25, 0.3) is 0 Å². The molecular formula is C25H23N3O2S. The van der Waals surface area contributed by atoms with Crippen molar-refractivity contribution in [2.45, 2.75) is 24.5 Å². The molecule has 6 heteroatoms. The molecule has 4 rings (SSSR count). The number of benzene rings is 2. The Hall–Kier alpha value is -3.14. The van der Waals surface area contributed by atoms with Crippen LogP contribution in [0.25, 0.3) is 0 Å². The summed E-state index contributed by atoms with van der Waals surface area (Å²) in [6.07, 6.45) is 0.839. The Bertz CT molecular complexity index is 1130. The molecule has 0 spiro atoms. The van der Waals surface area contributed by atoms with Crippen LogP contribution in [0.1, 0.15) is 32.7 Å². The summed E-state index contributed by atoms with van der Waals surface area (Å²) in [4.78, 5) is 19.7. The molecular weight excluding hydrogens is 406 g/mol. The molecule has 0 bridgehead atoms. The third-order valence-corrected chi connectivity index (χ3v) is 6.31. The van der Waals surface area contributed by atoms with E-state index >= 15 is 0 Å². The number of thioether (sulfide) groups is 1. The number of pyridine rings is 1. The number of ether oxygens (including phenoxy) is 1. The first-order valence-corrected chi connectivity index (χ1v) is 11.1. The van der Waals surface area contributed by atoms with Gasteiger partial charge in [0, 0.05) is 37.3 Å². The highest BCUT2D eigenvalue weighted by Crippen LogP contribution is 2.28. The molecule has 1 aliphatic rings. The van der Waals surface area contributed by atoms with Crippen molar-refractivity contribution in [3.8, 4) is 11.8 Å². The Morgan fingerprint density at radius 1 is 1.19 bits per heavy atom. The van der Waals surface area contributed by atoms with Gasteiger partial charge in [-0.25, -0.2) is 4.98 Å². The Morgan fingerprint density at radius 2 is 2.03 bits per heavy atom. The number of ketones is 1. The Balaban J connectivity index is 1.45. The maximum atomic E-state index is 12.6. The van der Waals surface area contributed by atoms with E-state index in [9.17, 15) is 10.1 Å². The lowest BCUT2D eigenvalue weighted by molar-refractivity contribution is 0.102. The fraction of sp³-hybridized carbons (Fsp3) is 0.240. The van der Waals surface area contributed by atoms with Crippen LogP contribution < -0.4 is 4.74 Å². The topological polar surface area (TPSA) is 66.2 Å². The van der Waals surface area contributed by atoms with Gasteiger partial charge in [0.2, 0.25) is 0 Å². The van der Waals surface area contributed by atoms with E-state index in [0.29, 0.717) is 21.9 Å². The van der Waals surface area contributed by atoms with Crippen molar-refractivity contribution in [1.82, 2.24) is 9.88 Å². The Labute approximate surface area is 186 Å². The quantitative estimate of drug-likeness (QED) is 0.407. The smallest absolute Gasteiger partial charge is 0.173 e.